The standard InChI is InChI=1S/C28H40/c1-3-5-8-24-15-19-27(20-16-24)28-21-17-26(18-22-28)10-7-6-9-25-13-11-23(4-2)12-14-25/h7,10-14,24,26-28H,3-5,8,15-22H2,1-2H3/t24-,26-,27-,28-. The van der Waals surface area contributed by atoms with Crippen molar-refractivity contribution in [2.45, 2.75) is 90.9 Å². The fourth-order valence-corrected chi connectivity index (χ4v) is 5.38. The summed E-state index contributed by atoms with van der Waals surface area (Å²) in [4.78, 5) is 0. The van der Waals surface area contributed by atoms with E-state index < -0.39 is 0 Å². The Morgan fingerprint density at radius 2 is 1.50 bits per heavy atom. The second-order valence-electron chi connectivity index (χ2n) is 9.28. The maximum atomic E-state index is 3.28. The smallest absolute Gasteiger partial charge is 0.0249 e. The molecular formula is C28H40. The Bertz CT molecular complexity index is 638. The third kappa shape index (κ3) is 6.55. The van der Waals surface area contributed by atoms with E-state index in [-0.39, 0.29) is 0 Å². The third-order valence-corrected chi connectivity index (χ3v) is 7.37. The zero-order valence-corrected chi connectivity index (χ0v) is 18.3. The molecule has 0 N–H and O–H groups in total. The molecule has 0 spiro atoms. The van der Waals surface area contributed by atoms with Gasteiger partial charge in [-0.15, -0.1) is 0 Å². The summed E-state index contributed by atoms with van der Waals surface area (Å²) in [6, 6.07) is 8.66. The SMILES string of the molecule is CCCC[C@H]1CC[C@H]([C@H]2CC[C@H](C=CC#Cc3ccc(CC)cc3)CC2)CC1. The van der Waals surface area contributed by atoms with Gasteiger partial charge in [-0.05, 0) is 92.4 Å². The van der Waals surface area contributed by atoms with Gasteiger partial charge in [0.15, 0.2) is 0 Å². The summed E-state index contributed by atoms with van der Waals surface area (Å²) in [5.41, 5.74) is 2.51. The fourth-order valence-electron chi connectivity index (χ4n) is 5.38. The van der Waals surface area contributed by atoms with Crippen LogP contribution >= 0.6 is 0 Å². The highest BCUT2D eigenvalue weighted by Crippen LogP contribution is 2.42. The van der Waals surface area contributed by atoms with Crippen molar-refractivity contribution in [1.82, 2.24) is 0 Å². The van der Waals surface area contributed by atoms with Crippen molar-refractivity contribution in [2.24, 2.45) is 23.7 Å². The predicted octanol–water partition coefficient (Wildman–Crippen LogP) is 7.96. The van der Waals surface area contributed by atoms with Gasteiger partial charge in [-0.2, -0.15) is 0 Å². The fraction of sp³-hybridized carbons (Fsp3) is 0.643. The maximum Gasteiger partial charge on any atom is 0.0249 e. The summed E-state index contributed by atoms with van der Waals surface area (Å²) in [6.07, 6.45) is 21.6. The molecule has 0 bridgehead atoms. The minimum atomic E-state index is 0.758. The van der Waals surface area contributed by atoms with Gasteiger partial charge >= 0.3 is 0 Å². The largest absolute Gasteiger partial charge is 0.0730 e. The number of rotatable bonds is 6. The quantitative estimate of drug-likeness (QED) is 0.442. The Balaban J connectivity index is 1.37. The molecule has 0 heterocycles. The Morgan fingerprint density at radius 1 is 0.857 bits per heavy atom. The summed E-state index contributed by atoms with van der Waals surface area (Å²) in [5.74, 6) is 10.4. The van der Waals surface area contributed by atoms with Crippen LogP contribution in [0.4, 0.5) is 0 Å². The molecule has 0 unspecified atom stereocenters. The summed E-state index contributed by atoms with van der Waals surface area (Å²) >= 11 is 0. The number of hydrogen-bond acceptors (Lipinski definition) is 0. The normalized spacial score (nSPS) is 28.1. The molecule has 28 heavy (non-hydrogen) atoms. The lowest BCUT2D eigenvalue weighted by Crippen LogP contribution is -2.25. The molecule has 2 aliphatic carbocycles. The van der Waals surface area contributed by atoms with E-state index in [1.165, 1.54) is 76.2 Å². The molecule has 1 aromatic rings. The van der Waals surface area contributed by atoms with Gasteiger partial charge in [0.05, 0.1) is 0 Å². The average molecular weight is 377 g/mol. The van der Waals surface area contributed by atoms with Crippen LogP contribution in [0, 0.1) is 35.5 Å². The Morgan fingerprint density at radius 3 is 2.11 bits per heavy atom. The summed E-state index contributed by atoms with van der Waals surface area (Å²) in [5, 5.41) is 0. The van der Waals surface area contributed by atoms with Crippen LogP contribution in [-0.2, 0) is 6.42 Å². The number of hydrogen-bond donors (Lipinski definition) is 0. The van der Waals surface area contributed by atoms with Crippen molar-refractivity contribution in [3.8, 4) is 11.8 Å². The van der Waals surface area contributed by atoms with Crippen molar-refractivity contribution >= 4 is 0 Å². The average Bonchev–Trinajstić information content (AvgIpc) is 2.76. The van der Waals surface area contributed by atoms with Crippen LogP contribution in [0.1, 0.15) is 95.6 Å². The van der Waals surface area contributed by atoms with Gasteiger partial charge in [-0.3, -0.25) is 0 Å². The highest BCUT2D eigenvalue weighted by Gasteiger charge is 2.30. The molecule has 0 saturated heterocycles. The van der Waals surface area contributed by atoms with Crippen LogP contribution in [0.2, 0.25) is 0 Å². The molecular weight excluding hydrogens is 336 g/mol. The molecule has 2 aliphatic rings. The Labute approximate surface area is 174 Å². The molecule has 0 radical (unpaired) electrons. The van der Waals surface area contributed by atoms with Crippen LogP contribution in [0.5, 0.6) is 0 Å². The molecule has 0 nitrogen and oxygen atoms in total. The monoisotopic (exact) mass is 376 g/mol. The molecule has 0 aliphatic heterocycles. The first-order chi connectivity index (χ1) is 13.8. The van der Waals surface area contributed by atoms with Gasteiger partial charge in [0.1, 0.15) is 0 Å². The molecule has 0 atom stereocenters. The molecule has 152 valence electrons. The van der Waals surface area contributed by atoms with Gasteiger partial charge in [-0.1, -0.05) is 76.0 Å². The van der Waals surface area contributed by atoms with Crippen molar-refractivity contribution in [3.05, 3.63) is 47.5 Å². The minimum absolute atomic E-state index is 0.758. The molecule has 2 fully saturated rings. The van der Waals surface area contributed by atoms with E-state index in [1.807, 2.05) is 0 Å². The Kier molecular flexibility index (Phi) is 8.72. The maximum absolute atomic E-state index is 3.28. The lowest BCUT2D eigenvalue weighted by atomic mass is 9.68. The minimum Gasteiger partial charge on any atom is -0.0730 e. The van der Waals surface area contributed by atoms with Crippen molar-refractivity contribution in [1.29, 1.82) is 0 Å². The lowest BCUT2D eigenvalue weighted by molar-refractivity contribution is 0.152. The van der Waals surface area contributed by atoms with Gasteiger partial charge in [0.25, 0.3) is 0 Å². The zero-order valence-electron chi connectivity index (χ0n) is 18.3. The highest BCUT2D eigenvalue weighted by atomic mass is 14.4. The molecule has 0 amide bonds. The van der Waals surface area contributed by atoms with Crippen LogP contribution in [0.15, 0.2) is 36.4 Å². The van der Waals surface area contributed by atoms with Gasteiger partial charge < -0.3 is 0 Å². The number of aryl methyl sites for hydroxylation is 1. The zero-order chi connectivity index (χ0) is 19.6. The van der Waals surface area contributed by atoms with E-state index in [0.29, 0.717) is 0 Å². The summed E-state index contributed by atoms with van der Waals surface area (Å²) < 4.78 is 0. The van der Waals surface area contributed by atoms with Crippen LogP contribution in [0.3, 0.4) is 0 Å². The summed E-state index contributed by atoms with van der Waals surface area (Å²) in [7, 11) is 0. The molecule has 0 heteroatoms. The second kappa shape index (κ2) is 11.5. The molecule has 3 rings (SSSR count). The summed E-state index contributed by atoms with van der Waals surface area (Å²) in [6.45, 7) is 4.52. The van der Waals surface area contributed by atoms with Crippen molar-refractivity contribution in [2.75, 3.05) is 0 Å². The molecule has 2 saturated carbocycles. The van der Waals surface area contributed by atoms with Crippen LogP contribution < -0.4 is 0 Å². The second-order valence-corrected chi connectivity index (χ2v) is 9.28. The molecule has 1 aromatic carbocycles. The number of allylic oxidation sites excluding steroid dienone is 2. The molecule has 0 aromatic heterocycles. The number of unbranched alkanes of at least 4 members (excludes halogenated alkanes) is 1. The van der Waals surface area contributed by atoms with E-state index in [0.717, 1.165) is 35.7 Å². The van der Waals surface area contributed by atoms with E-state index in [4.69, 9.17) is 0 Å². The number of benzene rings is 1. The van der Waals surface area contributed by atoms with Gasteiger partial charge in [0.2, 0.25) is 0 Å². The lowest BCUT2D eigenvalue weighted by Gasteiger charge is -2.37. The van der Waals surface area contributed by atoms with Crippen LogP contribution in [-0.4, -0.2) is 0 Å². The topological polar surface area (TPSA) is 0 Å². The first kappa shape index (κ1) is 21.2. The van der Waals surface area contributed by atoms with Crippen molar-refractivity contribution in [3.63, 3.8) is 0 Å². The van der Waals surface area contributed by atoms with E-state index in [2.05, 4.69) is 62.1 Å². The van der Waals surface area contributed by atoms with Gasteiger partial charge in [0, 0.05) is 5.56 Å². The highest BCUT2D eigenvalue weighted by molar-refractivity contribution is 5.38. The Hall–Kier alpha value is -1.48. The first-order valence-corrected chi connectivity index (χ1v) is 12.1. The first-order valence-electron chi connectivity index (χ1n) is 12.1. The predicted molar refractivity (Wildman–Crippen MR) is 122 cm³/mol. The van der Waals surface area contributed by atoms with E-state index >= 15 is 0 Å². The van der Waals surface area contributed by atoms with E-state index in [1.54, 1.807) is 0 Å². The van der Waals surface area contributed by atoms with Crippen LogP contribution in [0.25, 0.3) is 0 Å². The van der Waals surface area contributed by atoms with E-state index in [9.17, 15) is 0 Å². The van der Waals surface area contributed by atoms with Crippen molar-refractivity contribution < 1.29 is 0 Å². The third-order valence-electron chi connectivity index (χ3n) is 7.37. The van der Waals surface area contributed by atoms with Gasteiger partial charge in [-0.25, -0.2) is 0 Å².